The Balaban J connectivity index is 1.76. The lowest BCUT2D eigenvalue weighted by atomic mass is 10.2. The minimum atomic E-state index is 0.541. The number of methoxy groups -OCH3 is 1. The molecule has 0 aliphatic rings. The van der Waals surface area contributed by atoms with Crippen LogP contribution in [0, 0.1) is 6.92 Å². The van der Waals surface area contributed by atoms with E-state index in [9.17, 15) is 0 Å². The maximum absolute atomic E-state index is 5.93. The van der Waals surface area contributed by atoms with Crippen molar-refractivity contribution in [1.29, 1.82) is 0 Å². The van der Waals surface area contributed by atoms with Gasteiger partial charge in [0.05, 0.1) is 6.61 Å². The maximum Gasteiger partial charge on any atom is 0.122 e. The maximum atomic E-state index is 5.93. The highest BCUT2D eigenvalue weighted by atomic mass is 35.5. The van der Waals surface area contributed by atoms with Crippen molar-refractivity contribution >= 4 is 17.3 Å². The van der Waals surface area contributed by atoms with Crippen LogP contribution < -0.4 is 14.8 Å². The molecule has 0 unspecified atom stereocenters. The number of halogens is 1. The van der Waals surface area contributed by atoms with Gasteiger partial charge in [-0.1, -0.05) is 17.7 Å². The Labute approximate surface area is 142 Å². The van der Waals surface area contributed by atoms with Gasteiger partial charge in [-0.25, -0.2) is 0 Å². The van der Waals surface area contributed by atoms with Crippen molar-refractivity contribution in [3.8, 4) is 11.5 Å². The van der Waals surface area contributed by atoms with Gasteiger partial charge in [0.2, 0.25) is 0 Å². The fourth-order valence-electron chi connectivity index (χ4n) is 2.07. The molecule has 0 atom stereocenters. The minimum Gasteiger partial charge on any atom is -0.491 e. The van der Waals surface area contributed by atoms with E-state index in [1.54, 1.807) is 7.11 Å². The van der Waals surface area contributed by atoms with E-state index >= 15 is 0 Å². The van der Waals surface area contributed by atoms with Crippen LogP contribution in [-0.2, 0) is 4.74 Å². The zero-order valence-corrected chi connectivity index (χ0v) is 14.2. The van der Waals surface area contributed by atoms with Gasteiger partial charge >= 0.3 is 0 Å². The highest BCUT2D eigenvalue weighted by Gasteiger charge is 2.01. The number of rotatable bonds is 9. The number of ether oxygens (including phenoxy) is 3. The Morgan fingerprint density at radius 1 is 1.00 bits per heavy atom. The first-order valence-corrected chi connectivity index (χ1v) is 7.91. The van der Waals surface area contributed by atoms with Crippen LogP contribution in [0.1, 0.15) is 5.56 Å². The minimum absolute atomic E-state index is 0.541. The van der Waals surface area contributed by atoms with Gasteiger partial charge in [-0.05, 0) is 42.8 Å². The average Bonchev–Trinajstić information content (AvgIpc) is 2.54. The topological polar surface area (TPSA) is 39.7 Å². The number of nitrogens with one attached hydrogen (secondary N) is 1. The van der Waals surface area contributed by atoms with Gasteiger partial charge < -0.3 is 19.5 Å². The number of benzene rings is 2. The Morgan fingerprint density at radius 2 is 1.87 bits per heavy atom. The van der Waals surface area contributed by atoms with Crippen LogP contribution >= 0.6 is 11.6 Å². The molecule has 0 aliphatic heterocycles. The summed E-state index contributed by atoms with van der Waals surface area (Å²) in [5.41, 5.74) is 2.03. The molecule has 5 heteroatoms. The van der Waals surface area contributed by atoms with E-state index in [1.807, 2.05) is 49.4 Å². The number of hydrogen-bond acceptors (Lipinski definition) is 4. The Morgan fingerprint density at radius 3 is 2.65 bits per heavy atom. The van der Waals surface area contributed by atoms with Gasteiger partial charge in [-0.3, -0.25) is 0 Å². The third kappa shape index (κ3) is 6.00. The van der Waals surface area contributed by atoms with Gasteiger partial charge in [0.15, 0.2) is 0 Å². The summed E-state index contributed by atoms with van der Waals surface area (Å²) in [7, 11) is 1.66. The van der Waals surface area contributed by atoms with E-state index in [1.165, 1.54) is 0 Å². The van der Waals surface area contributed by atoms with E-state index in [2.05, 4.69) is 5.32 Å². The van der Waals surface area contributed by atoms with Crippen molar-refractivity contribution in [2.45, 2.75) is 6.92 Å². The largest absolute Gasteiger partial charge is 0.491 e. The van der Waals surface area contributed by atoms with Crippen LogP contribution in [-0.4, -0.2) is 33.5 Å². The molecule has 124 valence electrons. The molecule has 0 spiro atoms. The summed E-state index contributed by atoms with van der Waals surface area (Å²) in [6, 6.07) is 13.5. The molecule has 0 aromatic heterocycles. The standard InChI is InChI=1S/C18H22ClNO3/c1-14-12-15(19)6-7-18(14)23-9-8-20-16-4-3-5-17(13-16)22-11-10-21-2/h3-7,12-13,20H,8-11H2,1-2H3. The van der Waals surface area contributed by atoms with Crippen molar-refractivity contribution in [3.05, 3.63) is 53.1 Å². The van der Waals surface area contributed by atoms with Gasteiger partial charge in [0.25, 0.3) is 0 Å². The average molecular weight is 336 g/mol. The van der Waals surface area contributed by atoms with Gasteiger partial charge in [-0.2, -0.15) is 0 Å². The molecular weight excluding hydrogens is 314 g/mol. The summed E-state index contributed by atoms with van der Waals surface area (Å²) >= 11 is 5.93. The summed E-state index contributed by atoms with van der Waals surface area (Å²) in [5.74, 6) is 1.68. The fraction of sp³-hybridized carbons (Fsp3) is 0.333. The molecule has 2 rings (SSSR count). The lowest BCUT2D eigenvalue weighted by Gasteiger charge is -2.12. The molecular formula is C18H22ClNO3. The monoisotopic (exact) mass is 335 g/mol. The highest BCUT2D eigenvalue weighted by molar-refractivity contribution is 6.30. The van der Waals surface area contributed by atoms with Crippen LogP contribution in [0.3, 0.4) is 0 Å². The molecule has 0 saturated carbocycles. The zero-order valence-electron chi connectivity index (χ0n) is 13.5. The van der Waals surface area contributed by atoms with Crippen LogP contribution in [0.2, 0.25) is 5.02 Å². The molecule has 0 radical (unpaired) electrons. The predicted octanol–water partition coefficient (Wildman–Crippen LogP) is 4.16. The van der Waals surface area contributed by atoms with E-state index in [-0.39, 0.29) is 0 Å². The first kappa shape index (κ1) is 17.4. The third-order valence-electron chi connectivity index (χ3n) is 3.22. The van der Waals surface area contributed by atoms with Crippen LogP contribution in [0.5, 0.6) is 11.5 Å². The molecule has 23 heavy (non-hydrogen) atoms. The summed E-state index contributed by atoms with van der Waals surface area (Å²) in [6.45, 7) is 4.36. The van der Waals surface area contributed by atoms with Crippen LogP contribution in [0.25, 0.3) is 0 Å². The predicted molar refractivity (Wildman–Crippen MR) is 94.0 cm³/mol. The second-order valence-corrected chi connectivity index (χ2v) is 5.49. The van der Waals surface area contributed by atoms with Gasteiger partial charge in [-0.15, -0.1) is 0 Å². The van der Waals surface area contributed by atoms with Crippen molar-refractivity contribution in [3.63, 3.8) is 0 Å². The summed E-state index contributed by atoms with van der Waals surface area (Å²) in [6.07, 6.45) is 0. The second-order valence-electron chi connectivity index (χ2n) is 5.05. The van der Waals surface area contributed by atoms with Crippen molar-refractivity contribution in [2.24, 2.45) is 0 Å². The smallest absolute Gasteiger partial charge is 0.122 e. The quantitative estimate of drug-likeness (QED) is 0.698. The van der Waals surface area contributed by atoms with Gasteiger partial charge in [0.1, 0.15) is 24.7 Å². The van der Waals surface area contributed by atoms with E-state index in [0.717, 1.165) is 27.8 Å². The number of aryl methyl sites for hydroxylation is 1. The lowest BCUT2D eigenvalue weighted by molar-refractivity contribution is 0.146. The van der Waals surface area contributed by atoms with Crippen LogP contribution in [0.15, 0.2) is 42.5 Å². The van der Waals surface area contributed by atoms with Crippen LogP contribution in [0.4, 0.5) is 5.69 Å². The molecule has 0 fully saturated rings. The lowest BCUT2D eigenvalue weighted by Crippen LogP contribution is -2.12. The summed E-state index contributed by atoms with van der Waals surface area (Å²) < 4.78 is 16.3. The molecule has 0 heterocycles. The molecule has 0 bridgehead atoms. The van der Waals surface area contributed by atoms with Crippen molar-refractivity contribution in [2.75, 3.05) is 38.8 Å². The molecule has 0 saturated heterocycles. The zero-order chi connectivity index (χ0) is 16.5. The normalized spacial score (nSPS) is 10.4. The summed E-state index contributed by atoms with van der Waals surface area (Å²) in [5, 5.41) is 4.03. The molecule has 1 N–H and O–H groups in total. The SMILES string of the molecule is COCCOc1cccc(NCCOc2ccc(Cl)cc2C)c1. The molecule has 0 amide bonds. The number of hydrogen-bond donors (Lipinski definition) is 1. The van der Waals surface area contributed by atoms with Gasteiger partial charge in [0, 0.05) is 30.4 Å². The van der Waals surface area contributed by atoms with Crippen molar-refractivity contribution in [1.82, 2.24) is 0 Å². The first-order valence-electron chi connectivity index (χ1n) is 7.53. The van der Waals surface area contributed by atoms with E-state index in [4.69, 9.17) is 25.8 Å². The van der Waals surface area contributed by atoms with E-state index < -0.39 is 0 Å². The second kappa shape index (κ2) is 9.28. The van der Waals surface area contributed by atoms with Crippen molar-refractivity contribution < 1.29 is 14.2 Å². The first-order chi connectivity index (χ1) is 11.2. The Hall–Kier alpha value is -1.91. The Bertz CT molecular complexity index is 619. The highest BCUT2D eigenvalue weighted by Crippen LogP contribution is 2.22. The fourth-order valence-corrected chi connectivity index (χ4v) is 2.30. The molecule has 4 nitrogen and oxygen atoms in total. The molecule has 2 aromatic rings. The number of anilines is 1. The molecule has 0 aliphatic carbocycles. The summed E-state index contributed by atoms with van der Waals surface area (Å²) in [4.78, 5) is 0. The van der Waals surface area contributed by atoms with E-state index in [0.29, 0.717) is 26.4 Å². The third-order valence-corrected chi connectivity index (χ3v) is 3.45. The molecule has 2 aromatic carbocycles. The Kier molecular flexibility index (Phi) is 7.04.